The molecule has 1 aromatic heterocycles. The summed E-state index contributed by atoms with van der Waals surface area (Å²) in [5.74, 6) is 1.92. The lowest BCUT2D eigenvalue weighted by atomic mass is 10.2. The fourth-order valence-electron chi connectivity index (χ4n) is 1.50. The summed E-state index contributed by atoms with van der Waals surface area (Å²) in [5, 5.41) is 11.5. The molecule has 4 nitrogen and oxygen atoms in total. The molecule has 0 bridgehead atoms. The van der Waals surface area contributed by atoms with Crippen LogP contribution in [-0.2, 0) is 0 Å². The van der Waals surface area contributed by atoms with E-state index in [9.17, 15) is 4.79 Å². The first-order chi connectivity index (χ1) is 7.79. The molecule has 1 N–H and O–H groups in total. The molecule has 0 radical (unpaired) electrons. The molecule has 0 saturated carbocycles. The monoisotopic (exact) mass is 233 g/mol. The Morgan fingerprint density at radius 2 is 2.50 bits per heavy atom. The molecule has 1 fully saturated rings. The van der Waals surface area contributed by atoms with E-state index in [0.29, 0.717) is 11.3 Å². The van der Waals surface area contributed by atoms with Gasteiger partial charge in [-0.3, -0.25) is 4.79 Å². The number of nitriles is 1. The number of amides is 1. The van der Waals surface area contributed by atoms with Gasteiger partial charge in [-0.2, -0.15) is 17.0 Å². The van der Waals surface area contributed by atoms with Gasteiger partial charge in [0, 0.05) is 18.0 Å². The van der Waals surface area contributed by atoms with E-state index in [0.717, 1.165) is 17.9 Å². The van der Waals surface area contributed by atoms with Gasteiger partial charge < -0.3 is 5.32 Å². The van der Waals surface area contributed by atoms with Gasteiger partial charge in [0.1, 0.15) is 11.8 Å². The van der Waals surface area contributed by atoms with E-state index in [1.54, 1.807) is 12.1 Å². The van der Waals surface area contributed by atoms with Crippen LogP contribution in [0, 0.1) is 11.3 Å². The molecule has 1 amide bonds. The van der Waals surface area contributed by atoms with Crippen molar-refractivity contribution >= 4 is 17.7 Å². The Morgan fingerprint density at radius 3 is 3.06 bits per heavy atom. The van der Waals surface area contributed by atoms with Crippen molar-refractivity contribution in [2.24, 2.45) is 0 Å². The number of hydrogen-bond acceptors (Lipinski definition) is 4. The quantitative estimate of drug-likeness (QED) is 0.833. The Bertz CT molecular complexity index is 418. The summed E-state index contributed by atoms with van der Waals surface area (Å²) in [7, 11) is 0. The van der Waals surface area contributed by atoms with Crippen LogP contribution in [0.3, 0.4) is 0 Å². The maximum absolute atomic E-state index is 11.7. The molecule has 2 rings (SSSR count). The number of hydrogen-bond donors (Lipinski definition) is 1. The number of rotatable bonds is 2. The predicted octanol–water partition coefficient (Wildman–Crippen LogP) is 1.19. The molecule has 2 heterocycles. The van der Waals surface area contributed by atoms with Crippen LogP contribution >= 0.6 is 11.8 Å². The Labute approximate surface area is 98.1 Å². The first-order valence-corrected chi connectivity index (χ1v) is 6.20. The maximum Gasteiger partial charge on any atom is 0.270 e. The molecule has 82 valence electrons. The summed E-state index contributed by atoms with van der Waals surface area (Å²) in [4.78, 5) is 15.7. The van der Waals surface area contributed by atoms with Gasteiger partial charge in [0.15, 0.2) is 0 Å². The standard InChI is InChI=1S/C11H11N3OS/c12-5-8-1-2-10(13-6-8)11(15)14-9-3-4-16-7-9/h1-2,6,9H,3-4,7H2,(H,14,15). The molecule has 0 aliphatic carbocycles. The van der Waals surface area contributed by atoms with Crippen LogP contribution in [0.15, 0.2) is 18.3 Å². The van der Waals surface area contributed by atoms with Crippen molar-refractivity contribution < 1.29 is 4.79 Å². The van der Waals surface area contributed by atoms with Gasteiger partial charge >= 0.3 is 0 Å². The minimum absolute atomic E-state index is 0.156. The lowest BCUT2D eigenvalue weighted by Crippen LogP contribution is -2.35. The fourth-order valence-corrected chi connectivity index (χ4v) is 2.65. The maximum atomic E-state index is 11.7. The summed E-state index contributed by atoms with van der Waals surface area (Å²) in [6.07, 6.45) is 2.44. The van der Waals surface area contributed by atoms with Gasteiger partial charge in [0.05, 0.1) is 5.56 Å². The summed E-state index contributed by atoms with van der Waals surface area (Å²) >= 11 is 1.85. The van der Waals surface area contributed by atoms with Crippen LogP contribution in [-0.4, -0.2) is 28.4 Å². The minimum atomic E-state index is -0.156. The summed E-state index contributed by atoms with van der Waals surface area (Å²) in [6.45, 7) is 0. The van der Waals surface area contributed by atoms with E-state index in [4.69, 9.17) is 5.26 Å². The Morgan fingerprint density at radius 1 is 1.62 bits per heavy atom. The van der Waals surface area contributed by atoms with Gasteiger partial charge in [0.2, 0.25) is 0 Å². The first kappa shape index (κ1) is 11.0. The van der Waals surface area contributed by atoms with Crippen molar-refractivity contribution in [3.63, 3.8) is 0 Å². The van der Waals surface area contributed by atoms with Crippen LogP contribution < -0.4 is 5.32 Å². The molecular weight excluding hydrogens is 222 g/mol. The Hall–Kier alpha value is -1.54. The molecule has 1 aromatic rings. The fraction of sp³-hybridized carbons (Fsp3) is 0.364. The van der Waals surface area contributed by atoms with Crippen molar-refractivity contribution in [2.45, 2.75) is 12.5 Å². The third kappa shape index (κ3) is 2.52. The van der Waals surface area contributed by atoms with Gasteiger partial charge in [-0.05, 0) is 24.3 Å². The zero-order chi connectivity index (χ0) is 11.4. The van der Waals surface area contributed by atoms with E-state index in [-0.39, 0.29) is 11.9 Å². The van der Waals surface area contributed by atoms with E-state index >= 15 is 0 Å². The van der Waals surface area contributed by atoms with Crippen molar-refractivity contribution in [3.05, 3.63) is 29.6 Å². The summed E-state index contributed by atoms with van der Waals surface area (Å²) < 4.78 is 0. The molecule has 0 spiro atoms. The molecular formula is C11H11N3OS. The van der Waals surface area contributed by atoms with Crippen molar-refractivity contribution in [2.75, 3.05) is 11.5 Å². The molecule has 1 saturated heterocycles. The second-order valence-electron chi connectivity index (χ2n) is 3.58. The molecule has 1 aliphatic rings. The smallest absolute Gasteiger partial charge is 0.270 e. The van der Waals surface area contributed by atoms with Crippen LogP contribution in [0.5, 0.6) is 0 Å². The zero-order valence-corrected chi connectivity index (χ0v) is 9.46. The normalized spacial score (nSPS) is 19.1. The number of thioether (sulfide) groups is 1. The van der Waals surface area contributed by atoms with E-state index in [1.807, 2.05) is 17.8 Å². The SMILES string of the molecule is N#Cc1ccc(C(=O)NC2CCSC2)nc1. The number of pyridine rings is 1. The molecule has 1 atom stereocenters. The topological polar surface area (TPSA) is 65.8 Å². The Kier molecular flexibility index (Phi) is 3.42. The Balaban J connectivity index is 2.00. The largest absolute Gasteiger partial charge is 0.347 e. The van der Waals surface area contributed by atoms with Crippen LogP contribution in [0.4, 0.5) is 0 Å². The third-order valence-corrected chi connectivity index (χ3v) is 3.55. The van der Waals surface area contributed by atoms with Crippen LogP contribution in [0.2, 0.25) is 0 Å². The lowest BCUT2D eigenvalue weighted by molar-refractivity contribution is 0.0936. The van der Waals surface area contributed by atoms with Gasteiger partial charge in [0.25, 0.3) is 5.91 Å². The molecule has 5 heteroatoms. The van der Waals surface area contributed by atoms with Crippen molar-refractivity contribution in [1.82, 2.24) is 10.3 Å². The number of nitrogens with one attached hydrogen (secondary N) is 1. The molecule has 1 unspecified atom stereocenters. The highest BCUT2D eigenvalue weighted by Crippen LogP contribution is 2.17. The van der Waals surface area contributed by atoms with Crippen molar-refractivity contribution in [1.29, 1.82) is 5.26 Å². The highest BCUT2D eigenvalue weighted by molar-refractivity contribution is 7.99. The lowest BCUT2D eigenvalue weighted by Gasteiger charge is -2.10. The third-order valence-electron chi connectivity index (χ3n) is 2.39. The summed E-state index contributed by atoms with van der Waals surface area (Å²) in [5.41, 5.74) is 0.837. The average Bonchev–Trinajstić information content (AvgIpc) is 2.82. The highest BCUT2D eigenvalue weighted by Gasteiger charge is 2.18. The van der Waals surface area contributed by atoms with E-state index in [2.05, 4.69) is 10.3 Å². The number of nitrogens with zero attached hydrogens (tertiary/aromatic N) is 2. The summed E-state index contributed by atoms with van der Waals surface area (Å²) in [6, 6.07) is 5.41. The average molecular weight is 233 g/mol. The number of carbonyl (C=O) groups excluding carboxylic acids is 1. The van der Waals surface area contributed by atoms with Crippen LogP contribution in [0.1, 0.15) is 22.5 Å². The van der Waals surface area contributed by atoms with Gasteiger partial charge in [-0.1, -0.05) is 0 Å². The van der Waals surface area contributed by atoms with Crippen molar-refractivity contribution in [3.8, 4) is 6.07 Å². The second kappa shape index (κ2) is 4.99. The molecule has 0 aromatic carbocycles. The molecule has 16 heavy (non-hydrogen) atoms. The van der Waals surface area contributed by atoms with Gasteiger partial charge in [-0.15, -0.1) is 0 Å². The van der Waals surface area contributed by atoms with Gasteiger partial charge in [-0.25, -0.2) is 4.98 Å². The molecule has 1 aliphatic heterocycles. The second-order valence-corrected chi connectivity index (χ2v) is 4.73. The number of aromatic nitrogens is 1. The zero-order valence-electron chi connectivity index (χ0n) is 8.64. The minimum Gasteiger partial charge on any atom is -0.347 e. The number of carbonyl (C=O) groups is 1. The first-order valence-electron chi connectivity index (χ1n) is 5.04. The predicted molar refractivity (Wildman–Crippen MR) is 62.1 cm³/mol. The van der Waals surface area contributed by atoms with E-state index < -0.39 is 0 Å². The van der Waals surface area contributed by atoms with E-state index in [1.165, 1.54) is 6.20 Å². The van der Waals surface area contributed by atoms with Crippen LogP contribution in [0.25, 0.3) is 0 Å². The highest BCUT2D eigenvalue weighted by atomic mass is 32.2.